The van der Waals surface area contributed by atoms with Crippen molar-refractivity contribution in [2.24, 2.45) is 11.7 Å². The average Bonchev–Trinajstić information content (AvgIpc) is 3.16. The molecule has 0 bridgehead atoms. The summed E-state index contributed by atoms with van der Waals surface area (Å²) in [6.07, 6.45) is 0.124. The van der Waals surface area contributed by atoms with Crippen molar-refractivity contribution in [2.75, 3.05) is 18.0 Å². The Morgan fingerprint density at radius 1 is 1.07 bits per heavy atom. The smallest absolute Gasteiger partial charge is 0.310 e. The van der Waals surface area contributed by atoms with Crippen molar-refractivity contribution in [1.29, 1.82) is 0 Å². The summed E-state index contributed by atoms with van der Waals surface area (Å²) in [7, 11) is 0. The molecule has 0 radical (unpaired) electrons. The SMILES string of the molecule is NC(=O)C(OC(=O)C1CCN(c2nc3ccccc3o2)CC1)c1ccccc1. The van der Waals surface area contributed by atoms with E-state index in [0.29, 0.717) is 37.5 Å². The number of esters is 1. The van der Waals surface area contributed by atoms with Crippen molar-refractivity contribution in [1.82, 2.24) is 4.98 Å². The molecule has 7 heteroatoms. The largest absolute Gasteiger partial charge is 0.447 e. The van der Waals surface area contributed by atoms with Gasteiger partial charge >= 0.3 is 5.97 Å². The summed E-state index contributed by atoms with van der Waals surface area (Å²) in [6.45, 7) is 1.25. The standard InChI is InChI=1S/C21H21N3O4/c22-19(25)18(14-6-2-1-3-7-14)28-20(26)15-10-12-24(13-11-15)21-23-16-8-4-5-9-17(16)27-21/h1-9,15,18H,10-13H2,(H2,22,25). The van der Waals surface area contributed by atoms with E-state index in [-0.39, 0.29) is 5.92 Å². The van der Waals surface area contributed by atoms with E-state index < -0.39 is 18.0 Å². The number of nitrogens with two attached hydrogens (primary N) is 1. The van der Waals surface area contributed by atoms with Gasteiger partial charge in [-0.05, 0) is 25.0 Å². The number of rotatable bonds is 5. The van der Waals surface area contributed by atoms with E-state index in [1.807, 2.05) is 35.2 Å². The first-order chi connectivity index (χ1) is 13.6. The number of primary amides is 1. The number of amides is 1. The lowest BCUT2D eigenvalue weighted by Crippen LogP contribution is -2.38. The third-order valence-corrected chi connectivity index (χ3v) is 4.98. The molecule has 28 heavy (non-hydrogen) atoms. The van der Waals surface area contributed by atoms with E-state index in [9.17, 15) is 9.59 Å². The maximum atomic E-state index is 12.6. The maximum Gasteiger partial charge on any atom is 0.310 e. The van der Waals surface area contributed by atoms with Crippen LogP contribution < -0.4 is 10.6 Å². The lowest BCUT2D eigenvalue weighted by atomic mass is 9.97. The molecule has 1 aromatic heterocycles. The molecule has 144 valence electrons. The van der Waals surface area contributed by atoms with Gasteiger partial charge in [-0.15, -0.1) is 0 Å². The van der Waals surface area contributed by atoms with Gasteiger partial charge in [0.1, 0.15) is 5.52 Å². The number of hydrogen-bond donors (Lipinski definition) is 1. The minimum Gasteiger partial charge on any atom is -0.447 e. The fourth-order valence-corrected chi connectivity index (χ4v) is 3.43. The summed E-state index contributed by atoms with van der Waals surface area (Å²) in [4.78, 5) is 30.9. The molecule has 2 aromatic carbocycles. The van der Waals surface area contributed by atoms with Crippen LogP contribution in [-0.4, -0.2) is 29.9 Å². The molecular weight excluding hydrogens is 358 g/mol. The van der Waals surface area contributed by atoms with Crippen LogP contribution in [0.2, 0.25) is 0 Å². The first kappa shape index (κ1) is 18.0. The van der Waals surface area contributed by atoms with Crippen LogP contribution in [0.3, 0.4) is 0 Å². The molecule has 1 amide bonds. The Bertz CT molecular complexity index is 944. The van der Waals surface area contributed by atoms with Crippen LogP contribution in [0, 0.1) is 5.92 Å². The quantitative estimate of drug-likeness (QED) is 0.685. The Morgan fingerprint density at radius 2 is 1.75 bits per heavy atom. The van der Waals surface area contributed by atoms with Crippen molar-refractivity contribution in [3.63, 3.8) is 0 Å². The lowest BCUT2D eigenvalue weighted by Gasteiger charge is -2.30. The predicted octanol–water partition coefficient (Wildman–Crippen LogP) is 2.81. The topological polar surface area (TPSA) is 98.7 Å². The van der Waals surface area contributed by atoms with Crippen molar-refractivity contribution in [3.8, 4) is 0 Å². The van der Waals surface area contributed by atoms with Crippen LogP contribution in [0.5, 0.6) is 0 Å². The molecule has 0 spiro atoms. The summed E-state index contributed by atoms with van der Waals surface area (Å²) in [6, 6.07) is 17.0. The zero-order valence-corrected chi connectivity index (χ0v) is 15.3. The molecule has 1 unspecified atom stereocenters. The van der Waals surface area contributed by atoms with Crippen molar-refractivity contribution in [2.45, 2.75) is 18.9 Å². The summed E-state index contributed by atoms with van der Waals surface area (Å²) in [5.74, 6) is -1.36. The highest BCUT2D eigenvalue weighted by Gasteiger charge is 2.31. The minimum atomic E-state index is -1.07. The molecular formula is C21H21N3O4. The van der Waals surface area contributed by atoms with Gasteiger partial charge in [0.2, 0.25) is 6.10 Å². The molecule has 2 N–H and O–H groups in total. The highest BCUT2D eigenvalue weighted by atomic mass is 16.5. The van der Waals surface area contributed by atoms with Gasteiger partial charge in [-0.25, -0.2) is 0 Å². The summed E-state index contributed by atoms with van der Waals surface area (Å²) < 4.78 is 11.2. The fourth-order valence-electron chi connectivity index (χ4n) is 3.43. The van der Waals surface area contributed by atoms with Gasteiger partial charge in [0, 0.05) is 18.7 Å². The van der Waals surface area contributed by atoms with Gasteiger partial charge < -0.3 is 19.8 Å². The molecule has 1 atom stereocenters. The normalized spacial score (nSPS) is 16.1. The van der Waals surface area contributed by atoms with Crippen molar-refractivity contribution >= 4 is 29.0 Å². The van der Waals surface area contributed by atoms with Gasteiger partial charge in [0.15, 0.2) is 5.58 Å². The molecule has 1 aliphatic rings. The van der Waals surface area contributed by atoms with Crippen molar-refractivity contribution in [3.05, 3.63) is 60.2 Å². The lowest BCUT2D eigenvalue weighted by molar-refractivity contribution is -0.160. The van der Waals surface area contributed by atoms with Crippen LogP contribution in [0.4, 0.5) is 6.01 Å². The number of hydrogen-bond acceptors (Lipinski definition) is 6. The van der Waals surface area contributed by atoms with E-state index in [1.165, 1.54) is 0 Å². The third kappa shape index (κ3) is 3.69. The highest BCUT2D eigenvalue weighted by Crippen LogP contribution is 2.28. The average molecular weight is 379 g/mol. The number of piperidine rings is 1. The minimum absolute atomic E-state index is 0.286. The third-order valence-electron chi connectivity index (χ3n) is 4.98. The predicted molar refractivity (Wildman–Crippen MR) is 103 cm³/mol. The molecule has 2 heterocycles. The van der Waals surface area contributed by atoms with Crippen LogP contribution in [0.15, 0.2) is 59.0 Å². The fraction of sp³-hybridized carbons (Fsp3) is 0.286. The van der Waals surface area contributed by atoms with Crippen molar-refractivity contribution < 1.29 is 18.7 Å². The van der Waals surface area contributed by atoms with Crippen LogP contribution in [0.1, 0.15) is 24.5 Å². The van der Waals surface area contributed by atoms with Crippen LogP contribution in [0.25, 0.3) is 11.1 Å². The second-order valence-corrected chi connectivity index (χ2v) is 6.86. The van der Waals surface area contributed by atoms with Gasteiger partial charge in [-0.3, -0.25) is 9.59 Å². The van der Waals surface area contributed by atoms with E-state index in [1.54, 1.807) is 24.3 Å². The number of anilines is 1. The Hall–Kier alpha value is -3.35. The van der Waals surface area contributed by atoms with Gasteiger partial charge in [-0.1, -0.05) is 42.5 Å². The summed E-state index contributed by atoms with van der Waals surface area (Å²) >= 11 is 0. The molecule has 4 rings (SSSR count). The van der Waals surface area contributed by atoms with Gasteiger partial charge in [-0.2, -0.15) is 4.98 Å². The molecule has 0 aliphatic carbocycles. The number of carbonyl (C=O) groups is 2. The van der Waals surface area contributed by atoms with Crippen LogP contribution >= 0.6 is 0 Å². The van der Waals surface area contributed by atoms with Gasteiger partial charge in [0.25, 0.3) is 11.9 Å². The first-order valence-corrected chi connectivity index (χ1v) is 9.27. The zero-order chi connectivity index (χ0) is 19.5. The summed E-state index contributed by atoms with van der Waals surface area (Å²) in [5.41, 5.74) is 7.57. The molecule has 0 saturated carbocycles. The van der Waals surface area contributed by atoms with Crippen LogP contribution in [-0.2, 0) is 14.3 Å². The monoisotopic (exact) mass is 379 g/mol. The number of oxazole rings is 1. The van der Waals surface area contributed by atoms with E-state index in [0.717, 1.165) is 11.1 Å². The molecule has 1 saturated heterocycles. The second-order valence-electron chi connectivity index (χ2n) is 6.86. The van der Waals surface area contributed by atoms with E-state index in [2.05, 4.69) is 4.98 Å². The molecule has 1 fully saturated rings. The van der Waals surface area contributed by atoms with E-state index in [4.69, 9.17) is 14.9 Å². The Labute approximate surface area is 162 Å². The Kier molecular flexibility index (Phi) is 4.97. The second kappa shape index (κ2) is 7.72. The van der Waals surface area contributed by atoms with Gasteiger partial charge in [0.05, 0.1) is 5.92 Å². The maximum absolute atomic E-state index is 12.6. The number of ether oxygens (including phenoxy) is 1. The molecule has 7 nitrogen and oxygen atoms in total. The number of carbonyl (C=O) groups excluding carboxylic acids is 2. The zero-order valence-electron chi connectivity index (χ0n) is 15.3. The van der Waals surface area contributed by atoms with E-state index >= 15 is 0 Å². The molecule has 3 aromatic rings. The number of nitrogens with zero attached hydrogens (tertiary/aromatic N) is 2. The molecule has 1 aliphatic heterocycles. The number of benzene rings is 2. The summed E-state index contributed by atoms with van der Waals surface area (Å²) in [5, 5.41) is 0. The first-order valence-electron chi connectivity index (χ1n) is 9.27. The number of fused-ring (bicyclic) bond motifs is 1. The number of para-hydroxylation sites is 2. The highest BCUT2D eigenvalue weighted by molar-refractivity contribution is 5.84. The Morgan fingerprint density at radius 3 is 2.43 bits per heavy atom. The number of aromatic nitrogens is 1. The Balaban J connectivity index is 1.38.